The van der Waals surface area contributed by atoms with E-state index in [2.05, 4.69) is 4.98 Å². The largest absolute Gasteiger partial charge is 0.398 e. The second-order valence-corrected chi connectivity index (χ2v) is 4.31. The maximum absolute atomic E-state index is 12.9. The molecule has 2 heterocycles. The van der Waals surface area contributed by atoms with Crippen LogP contribution >= 0.6 is 11.6 Å². The number of imidazole rings is 1. The first-order chi connectivity index (χ1) is 8.65. The molecule has 2 aromatic heterocycles. The summed E-state index contributed by atoms with van der Waals surface area (Å²) in [5.74, 6) is 0.354. The van der Waals surface area contributed by atoms with Gasteiger partial charge < -0.3 is 5.73 Å². The molecule has 0 fully saturated rings. The van der Waals surface area contributed by atoms with E-state index in [4.69, 9.17) is 17.3 Å². The van der Waals surface area contributed by atoms with Gasteiger partial charge in [0.2, 0.25) is 0 Å². The van der Waals surface area contributed by atoms with Crippen LogP contribution in [0.25, 0.3) is 16.9 Å². The van der Waals surface area contributed by atoms with Gasteiger partial charge in [-0.1, -0.05) is 11.6 Å². The summed E-state index contributed by atoms with van der Waals surface area (Å²) < 4.78 is 14.7. The molecule has 0 amide bonds. The van der Waals surface area contributed by atoms with Crippen LogP contribution in [0.3, 0.4) is 0 Å². The maximum atomic E-state index is 12.9. The molecular weight excluding hydrogens is 253 g/mol. The van der Waals surface area contributed by atoms with Crippen LogP contribution in [-0.2, 0) is 0 Å². The quantitative estimate of drug-likeness (QED) is 0.730. The summed E-state index contributed by atoms with van der Waals surface area (Å²) >= 11 is 6.06. The monoisotopic (exact) mass is 261 g/mol. The van der Waals surface area contributed by atoms with Crippen molar-refractivity contribution < 1.29 is 4.39 Å². The Balaban J connectivity index is 2.28. The number of hydrogen-bond acceptors (Lipinski definition) is 2. The zero-order chi connectivity index (χ0) is 12.7. The minimum Gasteiger partial charge on any atom is -0.398 e. The molecule has 3 rings (SSSR count). The first-order valence-electron chi connectivity index (χ1n) is 5.34. The van der Waals surface area contributed by atoms with Crippen LogP contribution in [0.4, 0.5) is 10.1 Å². The van der Waals surface area contributed by atoms with Gasteiger partial charge in [0.15, 0.2) is 5.15 Å². The predicted octanol–water partition coefficient (Wildman–Crippen LogP) is 3.38. The normalized spacial score (nSPS) is 11.0. The molecule has 3 nitrogen and oxygen atoms in total. The number of halogens is 2. The average molecular weight is 262 g/mol. The fourth-order valence-corrected chi connectivity index (χ4v) is 2.10. The van der Waals surface area contributed by atoms with E-state index < -0.39 is 0 Å². The van der Waals surface area contributed by atoms with Gasteiger partial charge in [0, 0.05) is 17.4 Å². The number of fused-ring (bicyclic) bond motifs is 1. The summed E-state index contributed by atoms with van der Waals surface area (Å²) in [5, 5.41) is 0.398. The lowest BCUT2D eigenvalue weighted by Crippen LogP contribution is -1.92. The molecule has 3 aromatic rings. The number of nitrogens with zero attached hydrogens (tertiary/aromatic N) is 2. The minimum atomic E-state index is -0.287. The van der Waals surface area contributed by atoms with Crippen LogP contribution < -0.4 is 5.73 Å². The summed E-state index contributed by atoms with van der Waals surface area (Å²) in [6.07, 6.45) is 1.74. The number of hydrogen-bond donors (Lipinski definition) is 1. The Kier molecular flexibility index (Phi) is 2.45. The van der Waals surface area contributed by atoms with Crippen molar-refractivity contribution >= 4 is 22.8 Å². The van der Waals surface area contributed by atoms with Crippen LogP contribution in [0.5, 0.6) is 0 Å². The first-order valence-corrected chi connectivity index (χ1v) is 5.72. The van der Waals surface area contributed by atoms with E-state index in [9.17, 15) is 4.39 Å². The molecule has 0 aliphatic heterocycles. The van der Waals surface area contributed by atoms with E-state index in [1.165, 1.54) is 12.1 Å². The highest BCUT2D eigenvalue weighted by molar-refractivity contribution is 6.32. The van der Waals surface area contributed by atoms with Gasteiger partial charge >= 0.3 is 0 Å². The number of nitrogens with two attached hydrogens (primary N) is 1. The van der Waals surface area contributed by atoms with Gasteiger partial charge in [-0.2, -0.15) is 0 Å². The smallest absolute Gasteiger partial charge is 0.155 e. The van der Waals surface area contributed by atoms with E-state index in [0.29, 0.717) is 16.7 Å². The highest BCUT2D eigenvalue weighted by Gasteiger charge is 2.11. The lowest BCUT2D eigenvalue weighted by atomic mass is 10.2. The average Bonchev–Trinajstić information content (AvgIpc) is 2.67. The van der Waals surface area contributed by atoms with Crippen molar-refractivity contribution in [3.63, 3.8) is 0 Å². The standard InChI is InChI=1S/C13H9ClFN3/c14-12-11-6-5-10(16)7-18(11)13(17-12)8-1-3-9(15)4-2-8/h1-7H,16H2. The molecular formula is C13H9ClFN3. The Morgan fingerprint density at radius 3 is 2.56 bits per heavy atom. The summed E-state index contributed by atoms with van der Waals surface area (Å²) in [6.45, 7) is 0. The number of pyridine rings is 1. The van der Waals surface area contributed by atoms with Gasteiger partial charge in [-0.3, -0.25) is 4.40 Å². The first kappa shape index (κ1) is 11.0. The van der Waals surface area contributed by atoms with Crippen molar-refractivity contribution in [2.24, 2.45) is 0 Å². The Labute approximate surface area is 108 Å². The molecule has 0 aliphatic carbocycles. The molecule has 18 heavy (non-hydrogen) atoms. The van der Waals surface area contributed by atoms with Crippen molar-refractivity contribution in [3.8, 4) is 11.4 Å². The second-order valence-electron chi connectivity index (χ2n) is 3.95. The third-order valence-corrected chi connectivity index (χ3v) is 3.00. The zero-order valence-electron chi connectivity index (χ0n) is 9.27. The molecule has 0 aliphatic rings. The Hall–Kier alpha value is -2.07. The van der Waals surface area contributed by atoms with Crippen LogP contribution in [0, 0.1) is 5.82 Å². The SMILES string of the molecule is Nc1ccc2c(Cl)nc(-c3ccc(F)cc3)n2c1. The Bertz CT molecular complexity index is 719. The topological polar surface area (TPSA) is 43.3 Å². The maximum Gasteiger partial charge on any atom is 0.155 e. The molecule has 5 heteroatoms. The lowest BCUT2D eigenvalue weighted by molar-refractivity contribution is 0.628. The van der Waals surface area contributed by atoms with Gasteiger partial charge in [0.1, 0.15) is 11.6 Å². The van der Waals surface area contributed by atoms with Crippen molar-refractivity contribution in [2.75, 3.05) is 5.73 Å². The van der Waals surface area contributed by atoms with Crippen molar-refractivity contribution in [3.05, 3.63) is 53.6 Å². The highest BCUT2D eigenvalue weighted by Crippen LogP contribution is 2.26. The van der Waals surface area contributed by atoms with Crippen molar-refractivity contribution in [1.82, 2.24) is 9.38 Å². The molecule has 0 bridgehead atoms. The summed E-state index contributed by atoms with van der Waals surface area (Å²) in [4.78, 5) is 4.28. The molecule has 0 saturated carbocycles. The fourth-order valence-electron chi connectivity index (χ4n) is 1.87. The van der Waals surface area contributed by atoms with Crippen LogP contribution in [0.15, 0.2) is 42.6 Å². The van der Waals surface area contributed by atoms with Crippen molar-refractivity contribution in [1.29, 1.82) is 0 Å². The van der Waals surface area contributed by atoms with Gasteiger partial charge in [0.05, 0.1) is 5.52 Å². The van der Waals surface area contributed by atoms with Gasteiger partial charge in [0.25, 0.3) is 0 Å². The summed E-state index contributed by atoms with van der Waals surface area (Å²) in [7, 11) is 0. The van der Waals surface area contributed by atoms with Gasteiger partial charge in [-0.05, 0) is 36.4 Å². The van der Waals surface area contributed by atoms with Crippen molar-refractivity contribution in [2.45, 2.75) is 0 Å². The summed E-state index contributed by atoms with van der Waals surface area (Å²) in [6, 6.07) is 9.65. The predicted molar refractivity (Wildman–Crippen MR) is 70.0 cm³/mol. The molecule has 0 unspecified atom stereocenters. The van der Waals surface area contributed by atoms with Crippen LogP contribution in [0.1, 0.15) is 0 Å². The van der Waals surface area contributed by atoms with E-state index in [1.54, 1.807) is 34.9 Å². The van der Waals surface area contributed by atoms with E-state index in [-0.39, 0.29) is 5.82 Å². The molecule has 0 spiro atoms. The Morgan fingerprint density at radius 2 is 1.83 bits per heavy atom. The summed E-state index contributed by atoms with van der Waals surface area (Å²) in [5.41, 5.74) is 7.91. The van der Waals surface area contributed by atoms with E-state index in [0.717, 1.165) is 11.1 Å². The van der Waals surface area contributed by atoms with Gasteiger partial charge in [-0.25, -0.2) is 9.37 Å². The molecule has 0 saturated heterocycles. The van der Waals surface area contributed by atoms with E-state index in [1.807, 2.05) is 0 Å². The van der Waals surface area contributed by atoms with Crippen LogP contribution in [-0.4, -0.2) is 9.38 Å². The zero-order valence-corrected chi connectivity index (χ0v) is 10.0. The van der Waals surface area contributed by atoms with E-state index >= 15 is 0 Å². The highest BCUT2D eigenvalue weighted by atomic mass is 35.5. The van der Waals surface area contributed by atoms with Gasteiger partial charge in [-0.15, -0.1) is 0 Å². The molecule has 1 aromatic carbocycles. The number of nitrogen functional groups attached to an aromatic ring is 1. The number of aromatic nitrogens is 2. The van der Waals surface area contributed by atoms with Crippen LogP contribution in [0.2, 0.25) is 5.15 Å². The fraction of sp³-hybridized carbons (Fsp3) is 0. The number of anilines is 1. The molecule has 90 valence electrons. The molecule has 0 radical (unpaired) electrons. The lowest BCUT2D eigenvalue weighted by Gasteiger charge is -2.02. The third kappa shape index (κ3) is 1.71. The second kappa shape index (κ2) is 3.99. The third-order valence-electron chi connectivity index (χ3n) is 2.72. The number of benzene rings is 1. The molecule has 0 atom stereocenters. The molecule has 2 N–H and O–H groups in total. The minimum absolute atomic E-state index is 0.287. The number of rotatable bonds is 1. The Morgan fingerprint density at radius 1 is 1.11 bits per heavy atom.